The fourth-order valence-corrected chi connectivity index (χ4v) is 4.31. The molecule has 0 amide bonds. The highest BCUT2D eigenvalue weighted by Crippen LogP contribution is 2.25. The van der Waals surface area contributed by atoms with Gasteiger partial charge in [0, 0.05) is 68.4 Å². The Morgan fingerprint density at radius 1 is 1.31 bits per heavy atom. The van der Waals surface area contributed by atoms with Gasteiger partial charge in [0.05, 0.1) is 12.3 Å². The molecule has 0 fully saturated rings. The van der Waals surface area contributed by atoms with E-state index in [1.807, 2.05) is 23.9 Å². The van der Waals surface area contributed by atoms with E-state index < -0.39 is 0 Å². The quantitative estimate of drug-likeness (QED) is 0.518. The number of rotatable bonds is 9. The third-order valence-electron chi connectivity index (χ3n) is 5.98. The van der Waals surface area contributed by atoms with Crippen LogP contribution in [0.2, 0.25) is 0 Å². The molecule has 0 bridgehead atoms. The molecule has 0 unspecified atom stereocenters. The van der Waals surface area contributed by atoms with Crippen molar-refractivity contribution in [3.05, 3.63) is 64.3 Å². The zero-order valence-corrected chi connectivity index (χ0v) is 19.2. The lowest BCUT2D eigenvalue weighted by molar-refractivity contribution is 0.0515. The van der Waals surface area contributed by atoms with E-state index in [9.17, 15) is 4.79 Å². The smallest absolute Gasteiger partial charge is 0.359 e. The fraction of sp³-hybridized carbons (Fsp3) is 0.500. The standard InChI is InChI=1S/C24H32N6O2/c1-4-22-26-17(3)20(27-22)16-29-13-10-21-19(15-29)23(24(31)32-5-2)28-30(21)12-7-9-18-8-6-11-25-14-18/h6,8,11,14H,4-5,7,9-10,12-13,15-16H2,1-3H3,(H,26,27). The van der Waals surface area contributed by atoms with Crippen molar-refractivity contribution in [3.8, 4) is 0 Å². The Morgan fingerprint density at radius 3 is 2.91 bits per heavy atom. The number of ether oxygens (including phenoxy) is 1. The molecule has 0 saturated heterocycles. The highest BCUT2D eigenvalue weighted by atomic mass is 16.5. The molecule has 1 N–H and O–H groups in total. The van der Waals surface area contributed by atoms with E-state index in [0.717, 1.165) is 73.8 Å². The molecule has 3 aromatic rings. The van der Waals surface area contributed by atoms with Crippen LogP contribution in [-0.4, -0.2) is 48.8 Å². The Kier molecular flexibility index (Phi) is 6.99. The van der Waals surface area contributed by atoms with Crippen LogP contribution in [0.15, 0.2) is 24.5 Å². The van der Waals surface area contributed by atoms with Crippen molar-refractivity contribution in [3.63, 3.8) is 0 Å². The number of nitrogens with zero attached hydrogens (tertiary/aromatic N) is 5. The van der Waals surface area contributed by atoms with Gasteiger partial charge in [0.25, 0.3) is 0 Å². The summed E-state index contributed by atoms with van der Waals surface area (Å²) in [5, 5.41) is 4.70. The van der Waals surface area contributed by atoms with Crippen molar-refractivity contribution in [2.45, 2.75) is 66.1 Å². The molecule has 8 nitrogen and oxygen atoms in total. The number of H-pyrrole nitrogens is 1. The number of pyridine rings is 1. The molecule has 32 heavy (non-hydrogen) atoms. The first-order valence-electron chi connectivity index (χ1n) is 11.5. The van der Waals surface area contributed by atoms with Crippen molar-refractivity contribution in [2.75, 3.05) is 13.2 Å². The molecule has 4 heterocycles. The van der Waals surface area contributed by atoms with Gasteiger partial charge in [-0.1, -0.05) is 13.0 Å². The zero-order valence-electron chi connectivity index (χ0n) is 19.2. The van der Waals surface area contributed by atoms with E-state index in [-0.39, 0.29) is 5.97 Å². The van der Waals surface area contributed by atoms with E-state index in [0.29, 0.717) is 18.8 Å². The molecule has 1 aliphatic rings. The van der Waals surface area contributed by atoms with Crippen molar-refractivity contribution < 1.29 is 9.53 Å². The number of imidazole rings is 1. The van der Waals surface area contributed by atoms with E-state index >= 15 is 0 Å². The average molecular weight is 437 g/mol. The first-order valence-corrected chi connectivity index (χ1v) is 11.5. The number of hydrogen-bond acceptors (Lipinski definition) is 6. The predicted octanol–water partition coefficient (Wildman–Crippen LogP) is 3.24. The maximum Gasteiger partial charge on any atom is 0.359 e. The summed E-state index contributed by atoms with van der Waals surface area (Å²) >= 11 is 0. The van der Waals surface area contributed by atoms with E-state index in [1.165, 1.54) is 5.56 Å². The second-order valence-electron chi connectivity index (χ2n) is 8.25. The third-order valence-corrected chi connectivity index (χ3v) is 5.98. The molecular formula is C24H32N6O2. The second-order valence-corrected chi connectivity index (χ2v) is 8.25. The third kappa shape index (κ3) is 4.91. The molecule has 170 valence electrons. The Morgan fingerprint density at radius 2 is 2.19 bits per heavy atom. The fourth-order valence-electron chi connectivity index (χ4n) is 4.31. The van der Waals surface area contributed by atoms with Gasteiger partial charge in [0.15, 0.2) is 5.69 Å². The first-order chi connectivity index (χ1) is 15.6. The van der Waals surface area contributed by atoms with Crippen LogP contribution in [0.4, 0.5) is 0 Å². The second kappa shape index (κ2) is 10.1. The largest absolute Gasteiger partial charge is 0.461 e. The zero-order chi connectivity index (χ0) is 22.5. The minimum Gasteiger partial charge on any atom is -0.461 e. The van der Waals surface area contributed by atoms with Crippen LogP contribution in [0.3, 0.4) is 0 Å². The first kappa shape index (κ1) is 22.2. The summed E-state index contributed by atoms with van der Waals surface area (Å²) in [6.45, 7) is 9.47. The highest BCUT2D eigenvalue weighted by Gasteiger charge is 2.29. The van der Waals surface area contributed by atoms with Gasteiger partial charge in [0.2, 0.25) is 0 Å². The molecule has 3 aromatic heterocycles. The Balaban J connectivity index is 1.50. The van der Waals surface area contributed by atoms with E-state index in [1.54, 1.807) is 6.20 Å². The maximum atomic E-state index is 12.6. The molecule has 0 atom stereocenters. The van der Waals surface area contributed by atoms with Gasteiger partial charge < -0.3 is 9.72 Å². The Labute approximate surface area is 189 Å². The molecule has 0 spiro atoms. The molecule has 1 aliphatic heterocycles. The van der Waals surface area contributed by atoms with Gasteiger partial charge in [-0.05, 0) is 38.3 Å². The summed E-state index contributed by atoms with van der Waals surface area (Å²) in [6.07, 6.45) is 7.32. The molecule has 0 saturated carbocycles. The van der Waals surface area contributed by atoms with Crippen LogP contribution >= 0.6 is 0 Å². The van der Waals surface area contributed by atoms with E-state index in [4.69, 9.17) is 14.8 Å². The molecular weight excluding hydrogens is 404 g/mol. The lowest BCUT2D eigenvalue weighted by atomic mass is 10.0. The number of aromatic amines is 1. The normalized spacial score (nSPS) is 13.8. The summed E-state index contributed by atoms with van der Waals surface area (Å²) in [5.41, 5.74) is 6.02. The summed E-state index contributed by atoms with van der Waals surface area (Å²) < 4.78 is 7.33. The Bertz CT molecular complexity index is 1060. The number of hydrogen-bond donors (Lipinski definition) is 1. The van der Waals surface area contributed by atoms with Crippen molar-refractivity contribution in [1.29, 1.82) is 0 Å². The molecule has 0 aliphatic carbocycles. The number of carbonyl (C=O) groups is 1. The van der Waals surface area contributed by atoms with Crippen molar-refractivity contribution in [2.24, 2.45) is 0 Å². The number of aromatic nitrogens is 5. The van der Waals surface area contributed by atoms with E-state index in [2.05, 4.69) is 34.8 Å². The summed E-state index contributed by atoms with van der Waals surface area (Å²) in [6, 6.07) is 4.05. The van der Waals surface area contributed by atoms with Crippen LogP contribution in [0.1, 0.15) is 64.8 Å². The lowest BCUT2D eigenvalue weighted by Crippen LogP contribution is -2.31. The van der Waals surface area contributed by atoms with Crippen LogP contribution in [0.25, 0.3) is 0 Å². The van der Waals surface area contributed by atoms with Crippen molar-refractivity contribution >= 4 is 5.97 Å². The van der Waals surface area contributed by atoms with Gasteiger partial charge in [0.1, 0.15) is 5.82 Å². The number of aryl methyl sites for hydroxylation is 4. The van der Waals surface area contributed by atoms with Crippen LogP contribution < -0.4 is 0 Å². The number of nitrogens with one attached hydrogen (secondary N) is 1. The summed E-state index contributed by atoms with van der Waals surface area (Å²) in [7, 11) is 0. The van der Waals surface area contributed by atoms with Gasteiger partial charge in [-0.15, -0.1) is 0 Å². The van der Waals surface area contributed by atoms with Gasteiger partial charge >= 0.3 is 5.97 Å². The number of carbonyl (C=O) groups excluding carboxylic acids is 1. The SMILES string of the molecule is CCOC(=O)c1nn(CCCc2cccnc2)c2c1CN(Cc1nc(CC)[nH]c1C)CC2. The van der Waals surface area contributed by atoms with Crippen LogP contribution in [-0.2, 0) is 43.6 Å². The average Bonchev–Trinajstić information content (AvgIpc) is 3.34. The Hall–Kier alpha value is -3.00. The monoisotopic (exact) mass is 436 g/mol. The maximum absolute atomic E-state index is 12.6. The van der Waals surface area contributed by atoms with Crippen LogP contribution in [0, 0.1) is 6.92 Å². The van der Waals surface area contributed by atoms with Gasteiger partial charge in [-0.3, -0.25) is 14.6 Å². The lowest BCUT2D eigenvalue weighted by Gasteiger charge is -2.27. The number of fused-ring (bicyclic) bond motifs is 1. The highest BCUT2D eigenvalue weighted by molar-refractivity contribution is 5.89. The van der Waals surface area contributed by atoms with Gasteiger partial charge in [-0.2, -0.15) is 5.10 Å². The van der Waals surface area contributed by atoms with Gasteiger partial charge in [-0.25, -0.2) is 9.78 Å². The summed E-state index contributed by atoms with van der Waals surface area (Å²) in [4.78, 5) is 27.3. The van der Waals surface area contributed by atoms with Crippen LogP contribution in [0.5, 0.6) is 0 Å². The molecule has 0 aromatic carbocycles. The van der Waals surface area contributed by atoms with Crippen molar-refractivity contribution in [1.82, 2.24) is 29.6 Å². The minimum atomic E-state index is -0.333. The molecule has 0 radical (unpaired) electrons. The topological polar surface area (TPSA) is 88.9 Å². The number of esters is 1. The molecule has 8 heteroatoms. The molecule has 4 rings (SSSR count). The predicted molar refractivity (Wildman–Crippen MR) is 121 cm³/mol. The minimum absolute atomic E-state index is 0.333. The summed E-state index contributed by atoms with van der Waals surface area (Å²) in [5.74, 6) is 0.685.